The molecule has 1 aromatic heterocycles. The van der Waals surface area contributed by atoms with E-state index in [9.17, 15) is 8.78 Å². The maximum Gasteiger partial charge on any atom is 0.126 e. The molecule has 4 rings (SSSR count). The summed E-state index contributed by atoms with van der Waals surface area (Å²) in [5.41, 5.74) is 5.40. The molecule has 0 saturated heterocycles. The Morgan fingerprint density at radius 2 is 1.77 bits per heavy atom. The first kappa shape index (κ1) is 16.3. The second-order valence-electron chi connectivity index (χ2n) is 6.11. The van der Waals surface area contributed by atoms with Crippen molar-refractivity contribution in [3.63, 3.8) is 0 Å². The van der Waals surface area contributed by atoms with E-state index in [-0.39, 0.29) is 0 Å². The van der Waals surface area contributed by atoms with Gasteiger partial charge in [0, 0.05) is 24.0 Å². The van der Waals surface area contributed by atoms with Gasteiger partial charge in [-0.3, -0.25) is 15.0 Å². The number of hydrogen-bond donors (Lipinski definition) is 0. The lowest BCUT2D eigenvalue weighted by Crippen LogP contribution is -1.98. The van der Waals surface area contributed by atoms with Gasteiger partial charge in [-0.2, -0.15) is 0 Å². The molecule has 0 aliphatic carbocycles. The minimum absolute atomic E-state index is 0.461. The molecule has 26 heavy (non-hydrogen) atoms. The zero-order chi connectivity index (χ0) is 17.9. The number of rotatable bonds is 4. The van der Waals surface area contributed by atoms with Gasteiger partial charge in [-0.1, -0.05) is 12.1 Å². The number of aromatic nitrogens is 2. The van der Waals surface area contributed by atoms with Gasteiger partial charge in [-0.25, -0.2) is 8.78 Å². The highest BCUT2D eigenvalue weighted by atomic mass is 19.1. The van der Waals surface area contributed by atoms with Crippen molar-refractivity contribution in [3.05, 3.63) is 101 Å². The second-order valence-corrected chi connectivity index (χ2v) is 6.11. The third-order valence-corrected chi connectivity index (χ3v) is 4.20. The first-order valence-corrected chi connectivity index (χ1v) is 8.23. The highest BCUT2D eigenvalue weighted by Crippen LogP contribution is 2.23. The van der Waals surface area contributed by atoms with E-state index in [2.05, 4.69) is 15.0 Å². The highest BCUT2D eigenvalue weighted by molar-refractivity contribution is 6.13. The third kappa shape index (κ3) is 3.57. The van der Waals surface area contributed by atoms with Gasteiger partial charge in [0.05, 0.1) is 24.1 Å². The molecule has 0 unspecified atom stereocenters. The van der Waals surface area contributed by atoms with Gasteiger partial charge >= 0.3 is 0 Å². The van der Waals surface area contributed by atoms with E-state index >= 15 is 0 Å². The molecule has 3 aromatic rings. The van der Waals surface area contributed by atoms with Crippen molar-refractivity contribution in [1.82, 2.24) is 9.97 Å². The van der Waals surface area contributed by atoms with Crippen LogP contribution in [0.1, 0.15) is 27.9 Å². The Morgan fingerprint density at radius 1 is 0.923 bits per heavy atom. The van der Waals surface area contributed by atoms with Crippen LogP contribution in [-0.2, 0) is 13.0 Å². The van der Waals surface area contributed by atoms with Crippen LogP contribution >= 0.6 is 0 Å². The van der Waals surface area contributed by atoms with Crippen molar-refractivity contribution in [1.29, 1.82) is 0 Å². The highest BCUT2D eigenvalue weighted by Gasteiger charge is 2.14. The van der Waals surface area contributed by atoms with E-state index in [0.29, 0.717) is 18.5 Å². The van der Waals surface area contributed by atoms with Gasteiger partial charge in [0.15, 0.2) is 0 Å². The topological polar surface area (TPSA) is 38.1 Å². The van der Waals surface area contributed by atoms with Crippen molar-refractivity contribution < 1.29 is 8.78 Å². The van der Waals surface area contributed by atoms with E-state index in [1.54, 1.807) is 18.6 Å². The molecule has 0 amide bonds. The molecule has 0 saturated carbocycles. The quantitative estimate of drug-likeness (QED) is 0.703. The predicted octanol–water partition coefficient (Wildman–Crippen LogP) is 4.36. The van der Waals surface area contributed by atoms with Crippen LogP contribution in [0.25, 0.3) is 6.08 Å². The normalized spacial score (nSPS) is 13.1. The summed E-state index contributed by atoms with van der Waals surface area (Å²) >= 11 is 0. The van der Waals surface area contributed by atoms with Gasteiger partial charge in [0.1, 0.15) is 11.6 Å². The largest absolute Gasteiger partial charge is 0.280 e. The van der Waals surface area contributed by atoms with Crippen LogP contribution in [0.5, 0.6) is 0 Å². The number of allylic oxidation sites excluding steroid dienone is 1. The molecule has 0 atom stereocenters. The molecule has 1 aliphatic heterocycles. The number of halogens is 2. The number of hydrogen-bond acceptors (Lipinski definition) is 3. The van der Waals surface area contributed by atoms with Crippen molar-refractivity contribution in [2.24, 2.45) is 4.99 Å². The summed E-state index contributed by atoms with van der Waals surface area (Å²) in [5.74, 6) is -1.12. The first-order valence-electron chi connectivity index (χ1n) is 8.23. The number of benzene rings is 2. The Kier molecular flexibility index (Phi) is 4.35. The minimum Gasteiger partial charge on any atom is -0.280 e. The Hall–Kier alpha value is -3.21. The molecule has 0 bridgehead atoms. The first-order chi connectivity index (χ1) is 12.7. The molecule has 2 heterocycles. The van der Waals surface area contributed by atoms with Gasteiger partial charge in [-0.15, -0.1) is 0 Å². The Labute approximate surface area is 149 Å². The summed E-state index contributed by atoms with van der Waals surface area (Å²) in [6.45, 7) is 0.629. The van der Waals surface area contributed by atoms with Gasteiger partial charge in [0.25, 0.3) is 0 Å². The van der Waals surface area contributed by atoms with Crippen molar-refractivity contribution in [2.75, 3.05) is 0 Å². The van der Waals surface area contributed by atoms with Gasteiger partial charge in [0.2, 0.25) is 0 Å². The van der Waals surface area contributed by atoms with E-state index < -0.39 is 11.6 Å². The van der Waals surface area contributed by atoms with Crippen LogP contribution in [0, 0.1) is 11.6 Å². The van der Waals surface area contributed by atoms with E-state index in [0.717, 1.165) is 34.2 Å². The van der Waals surface area contributed by atoms with Crippen LogP contribution in [-0.4, -0.2) is 15.7 Å². The fourth-order valence-electron chi connectivity index (χ4n) is 3.02. The second kappa shape index (κ2) is 6.96. The molecule has 0 fully saturated rings. The van der Waals surface area contributed by atoms with Crippen LogP contribution in [0.2, 0.25) is 0 Å². The molecule has 0 radical (unpaired) electrons. The lowest BCUT2D eigenvalue weighted by molar-refractivity contribution is 0.580. The molecule has 5 heteroatoms. The van der Waals surface area contributed by atoms with Crippen LogP contribution in [0.15, 0.2) is 66.1 Å². The standard InChI is InChI=1S/C21H15F2N3/c22-17-8-15(9-18(23)11-17)7-14-1-2-16-12-26-21(20(16)10-14)4-3-19-13-24-5-6-25-19/h1-6,8-11,13H,7,12H2/b4-3+. The number of nitrogens with zero attached hydrogens (tertiary/aromatic N) is 3. The number of fused-ring (bicyclic) bond motifs is 1. The van der Waals surface area contributed by atoms with E-state index in [1.807, 2.05) is 30.4 Å². The average Bonchev–Trinajstić information content (AvgIpc) is 3.02. The van der Waals surface area contributed by atoms with Crippen LogP contribution in [0.4, 0.5) is 8.78 Å². The summed E-state index contributed by atoms with van der Waals surface area (Å²) in [6, 6.07) is 9.64. The van der Waals surface area contributed by atoms with Crippen molar-refractivity contribution in [2.45, 2.75) is 13.0 Å². The zero-order valence-electron chi connectivity index (χ0n) is 13.9. The van der Waals surface area contributed by atoms with Crippen LogP contribution < -0.4 is 0 Å². The molecule has 2 aromatic carbocycles. The molecular formula is C21H15F2N3. The molecule has 128 valence electrons. The Morgan fingerprint density at radius 3 is 2.54 bits per heavy atom. The SMILES string of the molecule is Fc1cc(F)cc(Cc2ccc3c(c2)C(/C=C/c2cnccn2)=NC3)c1. The van der Waals surface area contributed by atoms with E-state index in [4.69, 9.17) is 0 Å². The molecule has 3 nitrogen and oxygen atoms in total. The summed E-state index contributed by atoms with van der Waals surface area (Å²) < 4.78 is 26.8. The summed E-state index contributed by atoms with van der Waals surface area (Å²) in [5, 5.41) is 0. The molecule has 0 N–H and O–H groups in total. The molecular weight excluding hydrogens is 332 g/mol. The molecule has 0 spiro atoms. The van der Waals surface area contributed by atoms with Gasteiger partial charge < -0.3 is 0 Å². The lowest BCUT2D eigenvalue weighted by atomic mass is 9.98. The summed E-state index contributed by atoms with van der Waals surface area (Å²) in [7, 11) is 0. The van der Waals surface area contributed by atoms with Crippen molar-refractivity contribution >= 4 is 11.8 Å². The maximum absolute atomic E-state index is 13.4. The fraction of sp³-hybridized carbons (Fsp3) is 0.0952. The predicted molar refractivity (Wildman–Crippen MR) is 96.9 cm³/mol. The smallest absolute Gasteiger partial charge is 0.126 e. The zero-order valence-corrected chi connectivity index (χ0v) is 13.9. The lowest BCUT2D eigenvalue weighted by Gasteiger charge is -2.06. The summed E-state index contributed by atoms with van der Waals surface area (Å²) in [4.78, 5) is 12.8. The third-order valence-electron chi connectivity index (χ3n) is 4.20. The minimum atomic E-state index is -0.560. The average molecular weight is 347 g/mol. The molecule has 1 aliphatic rings. The van der Waals surface area contributed by atoms with E-state index in [1.165, 1.54) is 12.1 Å². The Balaban J connectivity index is 1.58. The monoisotopic (exact) mass is 347 g/mol. The van der Waals surface area contributed by atoms with Gasteiger partial charge in [-0.05, 0) is 53.5 Å². The van der Waals surface area contributed by atoms with Crippen molar-refractivity contribution in [3.8, 4) is 0 Å². The summed E-state index contributed by atoms with van der Waals surface area (Å²) in [6.07, 6.45) is 9.20. The fourth-order valence-corrected chi connectivity index (χ4v) is 3.02. The van der Waals surface area contributed by atoms with Crippen LogP contribution in [0.3, 0.4) is 0 Å². The maximum atomic E-state index is 13.4. The Bertz CT molecular complexity index is 991. The number of aliphatic imine (C=N–C) groups is 1.